The van der Waals surface area contributed by atoms with Gasteiger partial charge in [-0.15, -0.1) is 0 Å². The van der Waals surface area contributed by atoms with Gasteiger partial charge in [0.2, 0.25) is 5.69 Å². The summed E-state index contributed by atoms with van der Waals surface area (Å²) in [5, 5.41) is 0. The Morgan fingerprint density at radius 1 is 1.33 bits per heavy atom. The van der Waals surface area contributed by atoms with E-state index in [1.54, 1.807) is 17.9 Å². The zero-order chi connectivity index (χ0) is 19.8. The third-order valence-electron chi connectivity index (χ3n) is 5.03. The first-order valence-electron chi connectivity index (χ1n) is 9.19. The molecular weight excluding hydrogens is 349 g/mol. The van der Waals surface area contributed by atoms with E-state index in [0.29, 0.717) is 31.8 Å². The zero-order valence-electron chi connectivity index (χ0n) is 16.3. The van der Waals surface area contributed by atoms with Crippen molar-refractivity contribution in [2.75, 3.05) is 32.8 Å². The SMILES string of the molecule is [C-]#[N+]c1c(F)ccc([C@H]2CN3CCN(C(=O)OC(C)(C)C)C[C@H]3CO2)c1C. The van der Waals surface area contributed by atoms with E-state index in [1.807, 2.05) is 20.8 Å². The summed E-state index contributed by atoms with van der Waals surface area (Å²) >= 11 is 0. The van der Waals surface area contributed by atoms with Gasteiger partial charge in [0.25, 0.3) is 0 Å². The summed E-state index contributed by atoms with van der Waals surface area (Å²) in [6, 6.07) is 3.16. The van der Waals surface area contributed by atoms with Crippen molar-refractivity contribution in [3.8, 4) is 0 Å². The number of rotatable bonds is 1. The standard InChI is InChI=1S/C20H26FN3O3/c1-13-15(6-7-16(21)18(13)22-5)17-11-23-8-9-24(10-14(23)12-26-17)19(25)27-20(2,3)4/h6-7,14,17H,8-12H2,1-4H3/t14-,17+/m0/s1. The average molecular weight is 375 g/mol. The molecule has 0 unspecified atom stereocenters. The summed E-state index contributed by atoms with van der Waals surface area (Å²) in [5.74, 6) is -0.495. The predicted molar refractivity (Wildman–Crippen MR) is 99.3 cm³/mol. The molecule has 0 radical (unpaired) electrons. The molecule has 6 nitrogen and oxygen atoms in total. The Bertz CT molecular complexity index is 769. The zero-order valence-corrected chi connectivity index (χ0v) is 16.3. The predicted octanol–water partition coefficient (Wildman–Crippen LogP) is 3.68. The van der Waals surface area contributed by atoms with Crippen molar-refractivity contribution in [3.05, 3.63) is 40.5 Å². The molecule has 1 aromatic rings. The Labute approximate surface area is 159 Å². The molecule has 0 aromatic heterocycles. The maximum atomic E-state index is 13.8. The van der Waals surface area contributed by atoms with E-state index in [9.17, 15) is 9.18 Å². The van der Waals surface area contributed by atoms with E-state index in [4.69, 9.17) is 16.0 Å². The smallest absolute Gasteiger partial charge is 0.410 e. The van der Waals surface area contributed by atoms with Crippen molar-refractivity contribution in [3.63, 3.8) is 0 Å². The molecule has 2 saturated heterocycles. The quantitative estimate of drug-likeness (QED) is 0.703. The van der Waals surface area contributed by atoms with E-state index in [1.165, 1.54) is 6.07 Å². The summed E-state index contributed by atoms with van der Waals surface area (Å²) in [6.45, 7) is 17.6. The first-order valence-corrected chi connectivity index (χ1v) is 9.19. The van der Waals surface area contributed by atoms with Gasteiger partial charge in [0.15, 0.2) is 0 Å². The summed E-state index contributed by atoms with van der Waals surface area (Å²) in [7, 11) is 0. The van der Waals surface area contributed by atoms with Crippen LogP contribution in [0.3, 0.4) is 0 Å². The van der Waals surface area contributed by atoms with E-state index < -0.39 is 11.4 Å². The number of benzene rings is 1. The van der Waals surface area contributed by atoms with Gasteiger partial charge in [-0.2, -0.15) is 0 Å². The normalized spacial score (nSPS) is 23.5. The number of carbonyl (C=O) groups is 1. The number of hydrogen-bond donors (Lipinski definition) is 0. The second-order valence-corrected chi connectivity index (χ2v) is 8.12. The minimum absolute atomic E-state index is 0.0629. The molecule has 0 N–H and O–H groups in total. The maximum Gasteiger partial charge on any atom is 0.410 e. The van der Waals surface area contributed by atoms with Crippen LogP contribution in [0.5, 0.6) is 0 Å². The minimum atomic E-state index is -0.511. The molecule has 2 aliphatic heterocycles. The van der Waals surface area contributed by atoms with E-state index in [2.05, 4.69) is 9.74 Å². The number of morpholine rings is 1. The second kappa shape index (κ2) is 7.45. The van der Waals surface area contributed by atoms with Crippen molar-refractivity contribution >= 4 is 11.8 Å². The van der Waals surface area contributed by atoms with Crippen molar-refractivity contribution in [1.29, 1.82) is 0 Å². The third kappa shape index (κ3) is 4.23. The van der Waals surface area contributed by atoms with Gasteiger partial charge in [0.05, 0.1) is 25.3 Å². The van der Waals surface area contributed by atoms with Gasteiger partial charge in [-0.1, -0.05) is 6.07 Å². The van der Waals surface area contributed by atoms with E-state index >= 15 is 0 Å². The number of nitrogens with zero attached hydrogens (tertiary/aromatic N) is 3. The van der Waals surface area contributed by atoms with Gasteiger partial charge in [-0.05, 0) is 44.9 Å². The number of fused-ring (bicyclic) bond motifs is 1. The lowest BCUT2D eigenvalue weighted by atomic mass is 9.98. The Hall–Kier alpha value is -2.17. The van der Waals surface area contributed by atoms with Gasteiger partial charge >= 0.3 is 6.09 Å². The monoisotopic (exact) mass is 375 g/mol. The Morgan fingerprint density at radius 2 is 2.07 bits per heavy atom. The van der Waals surface area contributed by atoms with Crippen molar-refractivity contribution in [2.45, 2.75) is 45.4 Å². The molecule has 3 rings (SSSR count). The van der Waals surface area contributed by atoms with Crippen molar-refractivity contribution in [2.24, 2.45) is 0 Å². The number of carbonyl (C=O) groups excluding carboxylic acids is 1. The van der Waals surface area contributed by atoms with Crippen LogP contribution in [-0.4, -0.2) is 60.3 Å². The molecule has 2 heterocycles. The van der Waals surface area contributed by atoms with Crippen LogP contribution in [0.2, 0.25) is 0 Å². The highest BCUT2D eigenvalue weighted by molar-refractivity contribution is 5.68. The van der Waals surface area contributed by atoms with Crippen LogP contribution in [0.25, 0.3) is 4.85 Å². The summed E-state index contributed by atoms with van der Waals surface area (Å²) in [4.78, 5) is 19.6. The van der Waals surface area contributed by atoms with E-state index in [-0.39, 0.29) is 23.9 Å². The number of piperazine rings is 1. The van der Waals surface area contributed by atoms with Gasteiger partial charge < -0.3 is 14.4 Å². The first-order chi connectivity index (χ1) is 12.7. The molecule has 2 atom stereocenters. The number of halogens is 1. The highest BCUT2D eigenvalue weighted by Gasteiger charge is 2.37. The largest absolute Gasteiger partial charge is 0.444 e. The van der Waals surface area contributed by atoms with Gasteiger partial charge in [0, 0.05) is 26.2 Å². The highest BCUT2D eigenvalue weighted by atomic mass is 19.1. The van der Waals surface area contributed by atoms with Gasteiger partial charge in [0.1, 0.15) is 11.4 Å². The number of amides is 1. The fourth-order valence-corrected chi connectivity index (χ4v) is 3.63. The van der Waals surface area contributed by atoms with Crippen molar-refractivity contribution in [1.82, 2.24) is 9.80 Å². The molecule has 2 fully saturated rings. The van der Waals surface area contributed by atoms with Crippen LogP contribution in [-0.2, 0) is 9.47 Å². The van der Waals surface area contributed by atoms with Crippen molar-refractivity contribution < 1.29 is 18.7 Å². The van der Waals surface area contributed by atoms with Gasteiger partial charge in [-0.25, -0.2) is 14.0 Å². The lowest BCUT2D eigenvalue weighted by Gasteiger charge is -2.46. The molecule has 7 heteroatoms. The minimum Gasteiger partial charge on any atom is -0.444 e. The van der Waals surface area contributed by atoms with E-state index in [0.717, 1.165) is 12.1 Å². The summed E-state index contributed by atoms with van der Waals surface area (Å²) in [6.07, 6.45) is -0.490. The highest BCUT2D eigenvalue weighted by Crippen LogP contribution is 2.34. The molecule has 0 spiro atoms. The molecule has 0 saturated carbocycles. The third-order valence-corrected chi connectivity index (χ3v) is 5.03. The molecule has 146 valence electrons. The maximum absolute atomic E-state index is 13.8. The fraction of sp³-hybridized carbons (Fsp3) is 0.600. The molecule has 1 aromatic carbocycles. The number of hydrogen-bond acceptors (Lipinski definition) is 4. The molecule has 0 aliphatic carbocycles. The molecule has 27 heavy (non-hydrogen) atoms. The Kier molecular flexibility index (Phi) is 5.41. The molecular formula is C20H26FN3O3. The Balaban J connectivity index is 1.67. The molecule has 0 bridgehead atoms. The summed E-state index contributed by atoms with van der Waals surface area (Å²) < 4.78 is 25.3. The summed E-state index contributed by atoms with van der Waals surface area (Å²) in [5.41, 5.74) is 1.05. The van der Waals surface area contributed by atoms with Crippen LogP contribution < -0.4 is 0 Å². The van der Waals surface area contributed by atoms with Crippen LogP contribution in [0.4, 0.5) is 14.9 Å². The van der Waals surface area contributed by atoms with Crippen LogP contribution in [0.15, 0.2) is 12.1 Å². The molecule has 2 aliphatic rings. The van der Waals surface area contributed by atoms with Crippen LogP contribution >= 0.6 is 0 Å². The molecule has 1 amide bonds. The lowest BCUT2D eigenvalue weighted by Crippen LogP contribution is -2.60. The topological polar surface area (TPSA) is 46.4 Å². The van der Waals surface area contributed by atoms with Crippen LogP contribution in [0.1, 0.15) is 38.0 Å². The second-order valence-electron chi connectivity index (χ2n) is 8.12. The van der Waals surface area contributed by atoms with Gasteiger partial charge in [-0.3, -0.25) is 4.90 Å². The van der Waals surface area contributed by atoms with Crippen LogP contribution in [0, 0.1) is 19.3 Å². The number of ether oxygens (including phenoxy) is 2. The average Bonchev–Trinajstić information content (AvgIpc) is 2.60. The first kappa shape index (κ1) is 19.6. The fourth-order valence-electron chi connectivity index (χ4n) is 3.63. The lowest BCUT2D eigenvalue weighted by molar-refractivity contribution is -0.0908. The Morgan fingerprint density at radius 3 is 2.74 bits per heavy atom.